The van der Waals surface area contributed by atoms with Crippen molar-refractivity contribution in [3.05, 3.63) is 48.0 Å². The third kappa shape index (κ3) is 2.11. The van der Waals surface area contributed by atoms with E-state index in [-0.39, 0.29) is 18.3 Å². The molecule has 2 nitrogen and oxygen atoms in total. The van der Waals surface area contributed by atoms with Gasteiger partial charge in [0.1, 0.15) is 0 Å². The standard InChI is InChI=1S/C16H20O2/c1-11-14-8-9-15(18-14)12(2)16(11)17-10-13-6-4-3-5-7-13/h3-9,11-12,14-16H,10H2,1-2H3/t11-,12+,14?,15?,16?. The number of hydrogen-bond acceptors (Lipinski definition) is 2. The minimum atomic E-state index is 0.243. The van der Waals surface area contributed by atoms with Crippen molar-refractivity contribution in [2.75, 3.05) is 0 Å². The Kier molecular flexibility index (Phi) is 3.23. The number of rotatable bonds is 3. The molecule has 1 fully saturated rings. The number of fused-ring (bicyclic) bond motifs is 2. The lowest BCUT2D eigenvalue weighted by Crippen LogP contribution is -2.45. The van der Waals surface area contributed by atoms with Gasteiger partial charge in [0.2, 0.25) is 0 Å². The van der Waals surface area contributed by atoms with Crippen molar-refractivity contribution in [3.63, 3.8) is 0 Å². The monoisotopic (exact) mass is 244 g/mol. The SMILES string of the molecule is C[C@@H]1C2C=CC(O2)[C@H](C)C1OCc1ccccc1. The quantitative estimate of drug-likeness (QED) is 0.760. The highest BCUT2D eigenvalue weighted by Crippen LogP contribution is 2.37. The second-order valence-corrected chi connectivity index (χ2v) is 5.43. The first-order valence-electron chi connectivity index (χ1n) is 6.75. The van der Waals surface area contributed by atoms with Crippen LogP contribution in [-0.2, 0) is 16.1 Å². The van der Waals surface area contributed by atoms with Crippen molar-refractivity contribution in [1.82, 2.24) is 0 Å². The van der Waals surface area contributed by atoms with Crippen molar-refractivity contribution in [3.8, 4) is 0 Å². The summed E-state index contributed by atoms with van der Waals surface area (Å²) in [5, 5.41) is 0. The number of benzene rings is 1. The second-order valence-electron chi connectivity index (χ2n) is 5.43. The van der Waals surface area contributed by atoms with E-state index in [9.17, 15) is 0 Å². The van der Waals surface area contributed by atoms with Crippen molar-refractivity contribution < 1.29 is 9.47 Å². The zero-order valence-electron chi connectivity index (χ0n) is 11.0. The molecule has 0 aromatic heterocycles. The molecule has 5 atom stereocenters. The largest absolute Gasteiger partial charge is 0.373 e. The molecule has 1 saturated heterocycles. The number of hydrogen-bond donors (Lipinski definition) is 0. The van der Waals surface area contributed by atoms with E-state index in [0.29, 0.717) is 18.4 Å². The topological polar surface area (TPSA) is 18.5 Å². The molecule has 0 N–H and O–H groups in total. The van der Waals surface area contributed by atoms with Crippen LogP contribution in [0.3, 0.4) is 0 Å². The van der Waals surface area contributed by atoms with Crippen molar-refractivity contribution in [1.29, 1.82) is 0 Å². The highest BCUT2D eigenvalue weighted by Gasteiger charge is 2.43. The molecule has 0 aliphatic carbocycles. The van der Waals surface area contributed by atoms with Crippen molar-refractivity contribution in [2.24, 2.45) is 11.8 Å². The molecule has 3 rings (SSSR count). The number of ether oxygens (including phenoxy) is 2. The zero-order valence-corrected chi connectivity index (χ0v) is 11.0. The Morgan fingerprint density at radius 2 is 1.61 bits per heavy atom. The molecule has 1 aromatic rings. The summed E-state index contributed by atoms with van der Waals surface area (Å²) in [6.45, 7) is 5.14. The van der Waals surface area contributed by atoms with E-state index in [2.05, 4.69) is 50.3 Å². The molecule has 2 heteroatoms. The fourth-order valence-corrected chi connectivity index (χ4v) is 3.01. The lowest BCUT2D eigenvalue weighted by atomic mass is 9.86. The molecule has 1 aromatic carbocycles. The van der Waals surface area contributed by atoms with Gasteiger partial charge in [-0.25, -0.2) is 0 Å². The average molecular weight is 244 g/mol. The molecule has 2 heterocycles. The molecule has 0 amide bonds. The first-order valence-corrected chi connectivity index (χ1v) is 6.75. The van der Waals surface area contributed by atoms with Gasteiger partial charge >= 0.3 is 0 Å². The van der Waals surface area contributed by atoms with Gasteiger partial charge in [-0.3, -0.25) is 0 Å². The highest BCUT2D eigenvalue weighted by atomic mass is 16.5. The summed E-state index contributed by atoms with van der Waals surface area (Å²) in [5.41, 5.74) is 1.24. The van der Waals surface area contributed by atoms with Crippen LogP contribution in [0.1, 0.15) is 19.4 Å². The molecule has 0 radical (unpaired) electrons. The average Bonchev–Trinajstić information content (AvgIpc) is 2.85. The minimum Gasteiger partial charge on any atom is -0.373 e. The van der Waals surface area contributed by atoms with Crippen LogP contribution in [0.5, 0.6) is 0 Å². The zero-order chi connectivity index (χ0) is 12.5. The molecule has 2 aliphatic rings. The molecule has 96 valence electrons. The first kappa shape index (κ1) is 11.9. The van der Waals surface area contributed by atoms with Gasteiger partial charge in [-0.2, -0.15) is 0 Å². The lowest BCUT2D eigenvalue weighted by Gasteiger charge is -2.39. The van der Waals surface area contributed by atoms with Crippen LogP contribution in [0.2, 0.25) is 0 Å². The first-order chi connectivity index (χ1) is 8.75. The van der Waals surface area contributed by atoms with Gasteiger partial charge in [0, 0.05) is 11.8 Å². The summed E-state index contributed by atoms with van der Waals surface area (Å²) in [6.07, 6.45) is 5.15. The van der Waals surface area contributed by atoms with Gasteiger partial charge in [0.15, 0.2) is 0 Å². The molecule has 2 aliphatic heterocycles. The van der Waals surface area contributed by atoms with E-state index >= 15 is 0 Å². The molecule has 0 spiro atoms. The van der Waals surface area contributed by atoms with E-state index in [0.717, 1.165) is 0 Å². The molecule has 0 saturated carbocycles. The van der Waals surface area contributed by atoms with Crippen LogP contribution in [0, 0.1) is 11.8 Å². The Morgan fingerprint density at radius 3 is 2.22 bits per heavy atom. The summed E-state index contributed by atoms with van der Waals surface area (Å²) in [5.74, 6) is 0.859. The Morgan fingerprint density at radius 1 is 1.00 bits per heavy atom. The van der Waals surface area contributed by atoms with Crippen LogP contribution < -0.4 is 0 Å². The van der Waals surface area contributed by atoms with Crippen LogP contribution >= 0.6 is 0 Å². The second kappa shape index (κ2) is 4.87. The van der Waals surface area contributed by atoms with Gasteiger partial charge in [-0.15, -0.1) is 0 Å². The van der Waals surface area contributed by atoms with Gasteiger partial charge in [-0.05, 0) is 5.56 Å². The van der Waals surface area contributed by atoms with E-state index in [1.54, 1.807) is 0 Å². The summed E-state index contributed by atoms with van der Waals surface area (Å²) < 4.78 is 12.1. The van der Waals surface area contributed by atoms with Crippen molar-refractivity contribution in [2.45, 2.75) is 38.8 Å². The molecule has 2 bridgehead atoms. The van der Waals surface area contributed by atoms with Gasteiger partial charge < -0.3 is 9.47 Å². The minimum absolute atomic E-state index is 0.243. The van der Waals surface area contributed by atoms with E-state index < -0.39 is 0 Å². The van der Waals surface area contributed by atoms with Crippen LogP contribution in [0.4, 0.5) is 0 Å². The summed E-state index contributed by atoms with van der Waals surface area (Å²) in [6, 6.07) is 10.4. The smallest absolute Gasteiger partial charge is 0.0815 e. The maximum Gasteiger partial charge on any atom is 0.0815 e. The van der Waals surface area contributed by atoms with Gasteiger partial charge in [0.25, 0.3) is 0 Å². The third-order valence-corrected chi connectivity index (χ3v) is 4.16. The van der Waals surface area contributed by atoms with Crippen molar-refractivity contribution >= 4 is 0 Å². The Bertz CT molecular complexity index is 408. The Hall–Kier alpha value is -1.12. The molecule has 18 heavy (non-hydrogen) atoms. The van der Waals surface area contributed by atoms with E-state index in [4.69, 9.17) is 9.47 Å². The summed E-state index contributed by atoms with van der Waals surface area (Å²) >= 11 is 0. The Balaban J connectivity index is 1.66. The molecular formula is C16H20O2. The fourth-order valence-electron chi connectivity index (χ4n) is 3.01. The predicted molar refractivity (Wildman–Crippen MR) is 71.1 cm³/mol. The third-order valence-electron chi connectivity index (χ3n) is 4.16. The normalized spacial score (nSPS) is 38.0. The summed E-state index contributed by atoms with van der Waals surface area (Å²) in [7, 11) is 0. The van der Waals surface area contributed by atoms with Crippen LogP contribution in [0.15, 0.2) is 42.5 Å². The Labute approximate surface area is 109 Å². The molecule has 3 unspecified atom stereocenters. The van der Waals surface area contributed by atoms with Gasteiger partial charge in [-0.1, -0.05) is 56.3 Å². The predicted octanol–water partition coefficient (Wildman–Crippen LogP) is 3.18. The molecular weight excluding hydrogens is 224 g/mol. The lowest BCUT2D eigenvalue weighted by molar-refractivity contribution is -0.145. The fraction of sp³-hybridized carbons (Fsp3) is 0.500. The van der Waals surface area contributed by atoms with Gasteiger partial charge in [0.05, 0.1) is 24.9 Å². The van der Waals surface area contributed by atoms with E-state index in [1.807, 2.05) is 6.07 Å². The van der Waals surface area contributed by atoms with Crippen LogP contribution in [-0.4, -0.2) is 18.3 Å². The maximum atomic E-state index is 6.15. The maximum absolute atomic E-state index is 6.15. The van der Waals surface area contributed by atoms with Crippen LogP contribution in [0.25, 0.3) is 0 Å². The van der Waals surface area contributed by atoms with E-state index in [1.165, 1.54) is 5.56 Å². The highest BCUT2D eigenvalue weighted by molar-refractivity contribution is 5.14. The summed E-state index contributed by atoms with van der Waals surface area (Å²) in [4.78, 5) is 0.